The van der Waals surface area contributed by atoms with Crippen molar-refractivity contribution in [1.82, 2.24) is 10.0 Å². The van der Waals surface area contributed by atoms with E-state index in [1.54, 1.807) is 0 Å². The summed E-state index contributed by atoms with van der Waals surface area (Å²) >= 11 is 0. The molecule has 0 aliphatic carbocycles. The second-order valence-electron chi connectivity index (χ2n) is 4.89. The number of hydrogen-bond acceptors (Lipinski definition) is 3. The first-order valence-corrected chi connectivity index (χ1v) is 7.97. The van der Waals surface area contributed by atoms with Crippen molar-refractivity contribution >= 4 is 22.4 Å². The molecule has 1 aliphatic rings. The zero-order valence-electron chi connectivity index (χ0n) is 11.1. The van der Waals surface area contributed by atoms with Crippen molar-refractivity contribution in [3.63, 3.8) is 0 Å². The van der Waals surface area contributed by atoms with Crippen molar-refractivity contribution in [1.29, 1.82) is 0 Å². The van der Waals surface area contributed by atoms with Crippen molar-refractivity contribution in [2.75, 3.05) is 13.1 Å². The summed E-state index contributed by atoms with van der Waals surface area (Å²) in [5, 5.41) is 3.28. The minimum absolute atomic E-state index is 0. The molecule has 1 aliphatic heterocycles. The minimum atomic E-state index is -3.23. The minimum Gasteiger partial charge on any atom is -0.313 e. The number of sulfonamides is 1. The second-order valence-corrected chi connectivity index (χ2v) is 6.70. The van der Waals surface area contributed by atoms with Gasteiger partial charge in [-0.3, -0.25) is 0 Å². The fourth-order valence-corrected chi connectivity index (χ4v) is 3.41. The predicted octanol–water partition coefficient (Wildman–Crippen LogP) is 1.59. The maximum absolute atomic E-state index is 11.9. The molecule has 0 radical (unpaired) electrons. The topological polar surface area (TPSA) is 58.2 Å². The highest BCUT2D eigenvalue weighted by Crippen LogP contribution is 2.09. The highest BCUT2D eigenvalue weighted by atomic mass is 35.5. The van der Waals surface area contributed by atoms with Crippen LogP contribution in [0.25, 0.3) is 0 Å². The van der Waals surface area contributed by atoms with Crippen LogP contribution in [0, 0.1) is 6.92 Å². The summed E-state index contributed by atoms with van der Waals surface area (Å²) < 4.78 is 26.5. The van der Waals surface area contributed by atoms with E-state index in [0.29, 0.717) is 6.54 Å². The van der Waals surface area contributed by atoms with Crippen LogP contribution in [0.15, 0.2) is 24.3 Å². The van der Waals surface area contributed by atoms with E-state index in [-0.39, 0.29) is 24.2 Å². The SMILES string of the molecule is Cc1cccc(CS(=O)(=O)NCC2CCCN2)c1.Cl. The molecule has 1 atom stereocenters. The van der Waals surface area contributed by atoms with Gasteiger partial charge in [0, 0.05) is 12.6 Å². The van der Waals surface area contributed by atoms with Gasteiger partial charge in [0.1, 0.15) is 0 Å². The Bertz CT molecular complexity index is 499. The van der Waals surface area contributed by atoms with Crippen LogP contribution >= 0.6 is 12.4 Å². The van der Waals surface area contributed by atoms with Crippen LogP contribution in [0.4, 0.5) is 0 Å². The van der Waals surface area contributed by atoms with Crippen molar-refractivity contribution in [3.05, 3.63) is 35.4 Å². The quantitative estimate of drug-likeness (QED) is 0.868. The van der Waals surface area contributed by atoms with Gasteiger partial charge in [-0.25, -0.2) is 13.1 Å². The Morgan fingerprint density at radius 2 is 2.21 bits per heavy atom. The van der Waals surface area contributed by atoms with Gasteiger partial charge in [0.15, 0.2) is 0 Å². The van der Waals surface area contributed by atoms with Gasteiger partial charge in [-0.05, 0) is 31.9 Å². The van der Waals surface area contributed by atoms with Gasteiger partial charge in [0.05, 0.1) is 5.75 Å². The van der Waals surface area contributed by atoms with Crippen LogP contribution in [-0.2, 0) is 15.8 Å². The maximum atomic E-state index is 11.9. The number of halogens is 1. The lowest BCUT2D eigenvalue weighted by Gasteiger charge is -2.12. The van der Waals surface area contributed by atoms with E-state index in [1.807, 2.05) is 31.2 Å². The van der Waals surface area contributed by atoms with Crippen LogP contribution in [0.1, 0.15) is 24.0 Å². The van der Waals surface area contributed by atoms with Crippen molar-refractivity contribution in [2.24, 2.45) is 0 Å². The Morgan fingerprint density at radius 3 is 2.84 bits per heavy atom. The molecule has 1 unspecified atom stereocenters. The van der Waals surface area contributed by atoms with E-state index in [9.17, 15) is 8.42 Å². The summed E-state index contributed by atoms with van der Waals surface area (Å²) in [6.07, 6.45) is 2.18. The smallest absolute Gasteiger partial charge is 0.215 e. The van der Waals surface area contributed by atoms with Crippen LogP contribution < -0.4 is 10.0 Å². The molecule has 1 saturated heterocycles. The molecular weight excluding hydrogens is 284 g/mol. The fourth-order valence-electron chi connectivity index (χ4n) is 2.23. The third kappa shape index (κ3) is 5.48. The molecule has 0 aromatic heterocycles. The number of benzene rings is 1. The molecule has 6 heteroatoms. The molecule has 1 heterocycles. The molecule has 1 aromatic rings. The van der Waals surface area contributed by atoms with Crippen molar-refractivity contribution in [3.8, 4) is 0 Å². The zero-order chi connectivity index (χ0) is 13.0. The van der Waals surface area contributed by atoms with Crippen LogP contribution in [0.2, 0.25) is 0 Å². The Balaban J connectivity index is 0.00000180. The van der Waals surface area contributed by atoms with Crippen LogP contribution in [0.5, 0.6) is 0 Å². The molecule has 4 nitrogen and oxygen atoms in total. The van der Waals surface area contributed by atoms with Gasteiger partial charge in [-0.2, -0.15) is 0 Å². The molecule has 0 spiro atoms. The highest BCUT2D eigenvalue weighted by molar-refractivity contribution is 7.88. The number of aryl methyl sites for hydroxylation is 1. The summed E-state index contributed by atoms with van der Waals surface area (Å²) in [6, 6.07) is 7.90. The lowest BCUT2D eigenvalue weighted by Crippen LogP contribution is -2.37. The first-order chi connectivity index (χ1) is 8.55. The second kappa shape index (κ2) is 7.24. The monoisotopic (exact) mass is 304 g/mol. The van der Waals surface area contributed by atoms with Gasteiger partial charge < -0.3 is 5.32 Å². The number of nitrogens with one attached hydrogen (secondary N) is 2. The van der Waals surface area contributed by atoms with Gasteiger partial charge in [-0.15, -0.1) is 12.4 Å². The standard InChI is InChI=1S/C13H20N2O2S.ClH/c1-11-4-2-5-12(8-11)10-18(16,17)15-9-13-6-3-7-14-13;/h2,4-5,8,13-15H,3,6-7,9-10H2,1H3;1H. The third-order valence-corrected chi connectivity index (χ3v) is 4.47. The molecule has 1 aromatic carbocycles. The molecule has 0 amide bonds. The van der Waals surface area contributed by atoms with E-state index in [1.165, 1.54) is 0 Å². The molecule has 1 fully saturated rings. The first-order valence-electron chi connectivity index (χ1n) is 6.31. The lowest BCUT2D eigenvalue weighted by molar-refractivity contribution is 0.551. The van der Waals surface area contributed by atoms with Crippen LogP contribution in [-0.4, -0.2) is 27.5 Å². The van der Waals surface area contributed by atoms with E-state index >= 15 is 0 Å². The highest BCUT2D eigenvalue weighted by Gasteiger charge is 2.17. The molecule has 0 bridgehead atoms. The Hall–Kier alpha value is -0.620. The summed E-state index contributed by atoms with van der Waals surface area (Å²) in [6.45, 7) is 3.45. The first kappa shape index (κ1) is 16.4. The zero-order valence-corrected chi connectivity index (χ0v) is 12.7. The largest absolute Gasteiger partial charge is 0.313 e. The maximum Gasteiger partial charge on any atom is 0.215 e. The Kier molecular flexibility index (Phi) is 6.26. The summed E-state index contributed by atoms with van der Waals surface area (Å²) in [4.78, 5) is 0. The van der Waals surface area contributed by atoms with Gasteiger partial charge >= 0.3 is 0 Å². The molecule has 0 saturated carbocycles. The Labute approximate surface area is 121 Å². The fraction of sp³-hybridized carbons (Fsp3) is 0.538. The lowest BCUT2D eigenvalue weighted by atomic mass is 10.2. The molecule has 2 rings (SSSR count). The van der Waals surface area contributed by atoms with Gasteiger partial charge in [-0.1, -0.05) is 29.8 Å². The average molecular weight is 305 g/mol. The number of hydrogen-bond donors (Lipinski definition) is 2. The molecule has 108 valence electrons. The normalized spacial score (nSPS) is 19.1. The number of rotatable bonds is 5. The Morgan fingerprint density at radius 1 is 1.42 bits per heavy atom. The van der Waals surface area contributed by atoms with Crippen molar-refractivity contribution < 1.29 is 8.42 Å². The van der Waals surface area contributed by atoms with Gasteiger partial charge in [0.2, 0.25) is 10.0 Å². The predicted molar refractivity (Wildman–Crippen MR) is 80.1 cm³/mol. The summed E-state index contributed by atoms with van der Waals surface area (Å²) in [5.41, 5.74) is 1.92. The molecule has 2 N–H and O–H groups in total. The van der Waals surface area contributed by atoms with Crippen molar-refractivity contribution in [2.45, 2.75) is 31.6 Å². The average Bonchev–Trinajstić information content (AvgIpc) is 2.78. The van der Waals surface area contributed by atoms with Crippen LogP contribution in [0.3, 0.4) is 0 Å². The van der Waals surface area contributed by atoms with E-state index in [4.69, 9.17) is 0 Å². The summed E-state index contributed by atoms with van der Waals surface area (Å²) in [7, 11) is -3.23. The molecule has 19 heavy (non-hydrogen) atoms. The van der Waals surface area contributed by atoms with Gasteiger partial charge in [0.25, 0.3) is 0 Å². The van der Waals surface area contributed by atoms with E-state index in [0.717, 1.165) is 30.5 Å². The molecular formula is C13H21ClN2O2S. The van der Waals surface area contributed by atoms with E-state index in [2.05, 4.69) is 10.0 Å². The van der Waals surface area contributed by atoms with E-state index < -0.39 is 10.0 Å². The third-order valence-electron chi connectivity index (χ3n) is 3.15. The summed E-state index contributed by atoms with van der Waals surface area (Å²) in [5.74, 6) is 0.0569.